The minimum absolute atomic E-state index is 0.506. The third-order valence-electron chi connectivity index (χ3n) is 2.17. The predicted molar refractivity (Wildman–Crippen MR) is 57.9 cm³/mol. The third kappa shape index (κ3) is 1.36. The number of hydrogen-bond donors (Lipinski definition) is 1. The first kappa shape index (κ1) is 8.39. The van der Waals surface area contributed by atoms with Crippen LogP contribution < -0.4 is 5.73 Å². The van der Waals surface area contributed by atoms with Crippen molar-refractivity contribution >= 4 is 28.1 Å². The van der Waals surface area contributed by atoms with E-state index < -0.39 is 0 Å². The number of fused-ring (bicyclic) bond motifs is 1. The summed E-state index contributed by atoms with van der Waals surface area (Å²) in [5, 5.41) is 2.23. The lowest BCUT2D eigenvalue weighted by atomic mass is 10.0. The number of rotatable bonds is 1. The molecule has 0 amide bonds. The average molecular weight is 192 g/mol. The van der Waals surface area contributed by atoms with Gasteiger partial charge in [0, 0.05) is 17.0 Å². The first-order valence-corrected chi connectivity index (χ1v) is 4.68. The lowest BCUT2D eigenvalue weighted by molar-refractivity contribution is 1.45. The normalized spacial score (nSPS) is 10.5. The van der Waals surface area contributed by atoms with Crippen LogP contribution in [0.25, 0.3) is 10.8 Å². The molecule has 0 atom stereocenters. The van der Waals surface area contributed by atoms with Gasteiger partial charge in [-0.3, -0.25) is 0 Å². The standard InChI is InChI=1S/C11H10ClN/c12-7-9-5-1-3-8-4-2-6-10(13)11(8)9/h1-6H,7,13H2. The van der Waals surface area contributed by atoms with Gasteiger partial charge >= 0.3 is 0 Å². The number of hydrogen-bond acceptors (Lipinski definition) is 1. The molecule has 13 heavy (non-hydrogen) atoms. The Morgan fingerprint density at radius 2 is 1.77 bits per heavy atom. The van der Waals surface area contributed by atoms with Crippen molar-refractivity contribution < 1.29 is 0 Å². The summed E-state index contributed by atoms with van der Waals surface area (Å²) in [5.74, 6) is 0.506. The summed E-state index contributed by atoms with van der Waals surface area (Å²) < 4.78 is 0. The lowest BCUT2D eigenvalue weighted by Gasteiger charge is -2.05. The quantitative estimate of drug-likeness (QED) is 0.544. The number of benzene rings is 2. The van der Waals surface area contributed by atoms with Crippen molar-refractivity contribution in [1.29, 1.82) is 0 Å². The highest BCUT2D eigenvalue weighted by Gasteiger charge is 2.01. The fourth-order valence-electron chi connectivity index (χ4n) is 1.56. The van der Waals surface area contributed by atoms with Crippen LogP contribution in [0.1, 0.15) is 5.56 Å². The van der Waals surface area contributed by atoms with E-state index in [0.29, 0.717) is 5.88 Å². The van der Waals surface area contributed by atoms with E-state index in [-0.39, 0.29) is 0 Å². The van der Waals surface area contributed by atoms with Crippen LogP contribution in [-0.2, 0) is 5.88 Å². The minimum atomic E-state index is 0.506. The Morgan fingerprint density at radius 1 is 1.08 bits per heavy atom. The van der Waals surface area contributed by atoms with Gasteiger partial charge < -0.3 is 5.73 Å². The Bertz CT molecular complexity index is 432. The van der Waals surface area contributed by atoms with Gasteiger partial charge in [-0.2, -0.15) is 0 Å². The van der Waals surface area contributed by atoms with Crippen LogP contribution in [0.4, 0.5) is 5.69 Å². The molecule has 0 saturated carbocycles. The van der Waals surface area contributed by atoms with Gasteiger partial charge in [0.2, 0.25) is 0 Å². The van der Waals surface area contributed by atoms with E-state index in [1.54, 1.807) is 0 Å². The maximum atomic E-state index is 5.87. The summed E-state index contributed by atoms with van der Waals surface area (Å²) >= 11 is 5.82. The molecule has 0 heterocycles. The maximum absolute atomic E-state index is 5.87. The zero-order valence-corrected chi connectivity index (χ0v) is 7.88. The molecular formula is C11H10ClN. The number of nitrogens with two attached hydrogens (primary N) is 1. The van der Waals surface area contributed by atoms with Gasteiger partial charge in [-0.05, 0) is 17.0 Å². The fourth-order valence-corrected chi connectivity index (χ4v) is 1.78. The van der Waals surface area contributed by atoms with Gasteiger partial charge in [0.05, 0.1) is 0 Å². The van der Waals surface area contributed by atoms with E-state index in [1.165, 1.54) is 0 Å². The lowest BCUT2D eigenvalue weighted by Crippen LogP contribution is -1.90. The van der Waals surface area contributed by atoms with Crippen molar-refractivity contribution in [2.45, 2.75) is 5.88 Å². The van der Waals surface area contributed by atoms with E-state index in [4.69, 9.17) is 17.3 Å². The summed E-state index contributed by atoms with van der Waals surface area (Å²) in [4.78, 5) is 0. The van der Waals surface area contributed by atoms with Gasteiger partial charge in [0.15, 0.2) is 0 Å². The molecule has 2 aromatic carbocycles. The van der Waals surface area contributed by atoms with Crippen LogP contribution in [0.3, 0.4) is 0 Å². The van der Waals surface area contributed by atoms with Crippen LogP contribution in [0.15, 0.2) is 36.4 Å². The third-order valence-corrected chi connectivity index (χ3v) is 2.46. The summed E-state index contributed by atoms with van der Waals surface area (Å²) in [6.07, 6.45) is 0. The molecule has 0 aliphatic carbocycles. The maximum Gasteiger partial charge on any atom is 0.0480 e. The molecule has 66 valence electrons. The number of nitrogen functional groups attached to an aromatic ring is 1. The minimum Gasteiger partial charge on any atom is -0.398 e. The van der Waals surface area contributed by atoms with Crippen molar-refractivity contribution in [2.24, 2.45) is 0 Å². The molecule has 0 spiro atoms. The van der Waals surface area contributed by atoms with Crippen molar-refractivity contribution in [3.05, 3.63) is 42.0 Å². The predicted octanol–water partition coefficient (Wildman–Crippen LogP) is 3.16. The van der Waals surface area contributed by atoms with Crippen LogP contribution >= 0.6 is 11.6 Å². The molecule has 0 unspecified atom stereocenters. The molecular weight excluding hydrogens is 182 g/mol. The zero-order valence-electron chi connectivity index (χ0n) is 7.13. The van der Waals surface area contributed by atoms with Crippen LogP contribution in [-0.4, -0.2) is 0 Å². The molecule has 2 N–H and O–H groups in total. The molecule has 1 nitrogen and oxygen atoms in total. The van der Waals surface area contributed by atoms with Crippen molar-refractivity contribution in [3.63, 3.8) is 0 Å². The summed E-state index contributed by atoms with van der Waals surface area (Å²) in [6, 6.07) is 11.9. The van der Waals surface area contributed by atoms with Crippen LogP contribution in [0.2, 0.25) is 0 Å². The van der Waals surface area contributed by atoms with E-state index in [9.17, 15) is 0 Å². The highest BCUT2D eigenvalue weighted by atomic mass is 35.5. The van der Waals surface area contributed by atoms with Crippen molar-refractivity contribution in [3.8, 4) is 0 Å². The monoisotopic (exact) mass is 191 g/mol. The first-order valence-electron chi connectivity index (χ1n) is 4.15. The molecule has 2 heteroatoms. The summed E-state index contributed by atoms with van der Waals surface area (Å²) in [6.45, 7) is 0. The van der Waals surface area contributed by atoms with Gasteiger partial charge in [0.25, 0.3) is 0 Å². The van der Waals surface area contributed by atoms with Gasteiger partial charge in [-0.15, -0.1) is 11.6 Å². The SMILES string of the molecule is Nc1cccc2cccc(CCl)c12. The fraction of sp³-hybridized carbons (Fsp3) is 0.0909. The molecule has 0 aliphatic rings. The van der Waals surface area contributed by atoms with E-state index in [1.807, 2.05) is 36.4 Å². The van der Waals surface area contributed by atoms with Crippen molar-refractivity contribution in [2.75, 3.05) is 5.73 Å². The largest absolute Gasteiger partial charge is 0.398 e. The average Bonchev–Trinajstić information content (AvgIpc) is 2.17. The second-order valence-electron chi connectivity index (χ2n) is 3.00. The molecule has 0 aliphatic heterocycles. The Morgan fingerprint density at radius 3 is 2.46 bits per heavy atom. The molecule has 0 bridgehead atoms. The van der Waals surface area contributed by atoms with Crippen molar-refractivity contribution in [1.82, 2.24) is 0 Å². The smallest absolute Gasteiger partial charge is 0.0480 e. The number of alkyl halides is 1. The highest BCUT2D eigenvalue weighted by Crippen LogP contribution is 2.25. The Balaban J connectivity index is 2.87. The van der Waals surface area contributed by atoms with Crippen LogP contribution in [0.5, 0.6) is 0 Å². The molecule has 0 radical (unpaired) electrons. The summed E-state index contributed by atoms with van der Waals surface area (Å²) in [7, 11) is 0. The number of halogens is 1. The topological polar surface area (TPSA) is 26.0 Å². The second kappa shape index (κ2) is 3.27. The molecule has 0 aromatic heterocycles. The number of anilines is 1. The van der Waals surface area contributed by atoms with Crippen LogP contribution in [0, 0.1) is 0 Å². The van der Waals surface area contributed by atoms with E-state index in [0.717, 1.165) is 22.0 Å². The molecule has 2 rings (SSSR count). The van der Waals surface area contributed by atoms with Gasteiger partial charge in [0.1, 0.15) is 0 Å². The molecule has 0 fully saturated rings. The van der Waals surface area contributed by atoms with Gasteiger partial charge in [-0.1, -0.05) is 30.3 Å². The molecule has 2 aromatic rings. The van der Waals surface area contributed by atoms with E-state index in [2.05, 4.69) is 0 Å². The van der Waals surface area contributed by atoms with Gasteiger partial charge in [-0.25, -0.2) is 0 Å². The Kier molecular flexibility index (Phi) is 2.11. The Labute approximate surface area is 82.1 Å². The second-order valence-corrected chi connectivity index (χ2v) is 3.26. The van der Waals surface area contributed by atoms with E-state index >= 15 is 0 Å². The molecule has 0 saturated heterocycles. The summed E-state index contributed by atoms with van der Waals surface area (Å²) in [5.41, 5.74) is 7.77. The zero-order chi connectivity index (χ0) is 9.26. The Hall–Kier alpha value is -1.21. The first-order chi connectivity index (χ1) is 6.33. The highest BCUT2D eigenvalue weighted by molar-refractivity contribution is 6.18.